The zero-order valence-corrected chi connectivity index (χ0v) is 15.0. The molecule has 0 radical (unpaired) electrons. The molecule has 0 aliphatic carbocycles. The first-order chi connectivity index (χ1) is 13.1. The van der Waals surface area contributed by atoms with Crippen molar-refractivity contribution in [2.45, 2.75) is 12.8 Å². The topological polar surface area (TPSA) is 84.1 Å². The van der Waals surface area contributed by atoms with Gasteiger partial charge in [-0.2, -0.15) is 5.10 Å². The number of rotatable bonds is 7. The van der Waals surface area contributed by atoms with Crippen LogP contribution in [0.2, 0.25) is 0 Å². The quantitative estimate of drug-likeness (QED) is 0.632. The first-order valence-corrected chi connectivity index (χ1v) is 8.73. The number of ether oxygens (including phenoxy) is 1. The van der Waals surface area contributed by atoms with Crippen LogP contribution in [0.3, 0.4) is 0 Å². The maximum absolute atomic E-state index is 12.1. The molecule has 3 rings (SSSR count). The van der Waals surface area contributed by atoms with E-state index >= 15 is 0 Å². The highest BCUT2D eigenvalue weighted by atomic mass is 16.5. The number of aromatic nitrogens is 2. The summed E-state index contributed by atoms with van der Waals surface area (Å²) in [5.41, 5.74) is 2.88. The lowest BCUT2D eigenvalue weighted by Gasteiger charge is -2.13. The first-order valence-electron chi connectivity index (χ1n) is 8.73. The van der Waals surface area contributed by atoms with Crippen molar-refractivity contribution in [3.63, 3.8) is 0 Å². The fourth-order valence-corrected chi connectivity index (χ4v) is 2.61. The van der Waals surface area contributed by atoms with Crippen LogP contribution in [-0.4, -0.2) is 35.2 Å². The number of hydrogen-bond donors (Lipinski definition) is 2. The van der Waals surface area contributed by atoms with Crippen LogP contribution in [-0.2, 0) is 9.53 Å². The molecule has 0 bridgehead atoms. The van der Waals surface area contributed by atoms with Gasteiger partial charge in [-0.25, -0.2) is 4.79 Å². The van der Waals surface area contributed by atoms with Crippen LogP contribution in [0.5, 0.6) is 0 Å². The Morgan fingerprint density at radius 3 is 2.44 bits per heavy atom. The molecule has 0 saturated carbocycles. The number of H-pyrrole nitrogens is 1. The molecule has 0 fully saturated rings. The largest absolute Gasteiger partial charge is 0.451 e. The highest BCUT2D eigenvalue weighted by Crippen LogP contribution is 2.17. The molecule has 0 saturated heterocycles. The summed E-state index contributed by atoms with van der Waals surface area (Å²) in [5.74, 6) is -0.781. The molecule has 2 aromatic carbocycles. The molecule has 1 aromatic heterocycles. The van der Waals surface area contributed by atoms with Gasteiger partial charge in [0.25, 0.3) is 5.91 Å². The van der Waals surface area contributed by atoms with Crippen LogP contribution in [0, 0.1) is 0 Å². The van der Waals surface area contributed by atoms with Gasteiger partial charge in [0.15, 0.2) is 6.61 Å². The van der Waals surface area contributed by atoms with Gasteiger partial charge in [-0.1, -0.05) is 67.6 Å². The van der Waals surface area contributed by atoms with Crippen LogP contribution in [0.15, 0.2) is 66.7 Å². The monoisotopic (exact) mass is 363 g/mol. The lowest BCUT2D eigenvalue weighted by Crippen LogP contribution is -2.31. The number of carbonyl (C=O) groups excluding carboxylic acids is 2. The van der Waals surface area contributed by atoms with Gasteiger partial charge in [0.2, 0.25) is 0 Å². The van der Waals surface area contributed by atoms with Gasteiger partial charge in [0.1, 0.15) is 5.69 Å². The molecule has 6 nitrogen and oxygen atoms in total. The SMILES string of the molecule is C[C@@H](CNC(=O)COC(=O)c1cc(-c2ccccc2)n[nH]1)c1ccccc1. The molecule has 138 valence electrons. The van der Waals surface area contributed by atoms with E-state index < -0.39 is 5.97 Å². The van der Waals surface area contributed by atoms with Crippen LogP contribution in [0.4, 0.5) is 0 Å². The second-order valence-electron chi connectivity index (χ2n) is 6.22. The third-order valence-corrected chi connectivity index (χ3v) is 4.18. The lowest BCUT2D eigenvalue weighted by molar-refractivity contribution is -0.124. The molecule has 1 heterocycles. The number of aromatic amines is 1. The highest BCUT2D eigenvalue weighted by molar-refractivity contribution is 5.90. The molecule has 1 atom stereocenters. The average Bonchev–Trinajstić information content (AvgIpc) is 3.22. The van der Waals surface area contributed by atoms with E-state index in [-0.39, 0.29) is 24.1 Å². The minimum absolute atomic E-state index is 0.173. The minimum atomic E-state index is -0.615. The highest BCUT2D eigenvalue weighted by Gasteiger charge is 2.14. The van der Waals surface area contributed by atoms with E-state index in [1.165, 1.54) is 0 Å². The molecule has 0 aliphatic rings. The molecule has 2 N–H and O–H groups in total. The van der Waals surface area contributed by atoms with Gasteiger partial charge < -0.3 is 10.1 Å². The fraction of sp³-hybridized carbons (Fsp3) is 0.190. The summed E-state index contributed by atoms with van der Waals surface area (Å²) >= 11 is 0. The van der Waals surface area contributed by atoms with Crippen molar-refractivity contribution in [1.29, 1.82) is 0 Å². The van der Waals surface area contributed by atoms with Crippen molar-refractivity contribution in [1.82, 2.24) is 15.5 Å². The van der Waals surface area contributed by atoms with E-state index in [9.17, 15) is 9.59 Å². The normalized spacial score (nSPS) is 11.6. The summed E-state index contributed by atoms with van der Waals surface area (Å²) in [6, 6.07) is 21.0. The minimum Gasteiger partial charge on any atom is -0.451 e. The smallest absolute Gasteiger partial charge is 0.356 e. The average molecular weight is 363 g/mol. The van der Waals surface area contributed by atoms with E-state index in [2.05, 4.69) is 15.5 Å². The third kappa shape index (κ3) is 5.04. The molecule has 0 unspecified atom stereocenters. The molecule has 0 aliphatic heterocycles. The van der Waals surface area contributed by atoms with E-state index in [0.29, 0.717) is 12.2 Å². The summed E-state index contributed by atoms with van der Waals surface area (Å²) < 4.78 is 5.05. The Morgan fingerprint density at radius 2 is 1.74 bits per heavy atom. The number of nitrogens with zero attached hydrogens (tertiary/aromatic N) is 1. The van der Waals surface area contributed by atoms with Gasteiger partial charge in [-0.05, 0) is 17.5 Å². The van der Waals surface area contributed by atoms with Crippen LogP contribution in [0.25, 0.3) is 11.3 Å². The second-order valence-corrected chi connectivity index (χ2v) is 6.22. The number of carbonyl (C=O) groups is 2. The molecule has 3 aromatic rings. The summed E-state index contributed by atoms with van der Waals surface area (Å²) in [6.45, 7) is 2.17. The first kappa shape index (κ1) is 18.4. The Kier molecular flexibility index (Phi) is 5.99. The molecule has 27 heavy (non-hydrogen) atoms. The fourth-order valence-electron chi connectivity index (χ4n) is 2.61. The van der Waals surface area contributed by atoms with Gasteiger partial charge in [0, 0.05) is 12.1 Å². The van der Waals surface area contributed by atoms with E-state index in [1.54, 1.807) is 6.07 Å². The van der Waals surface area contributed by atoms with Crippen LogP contribution < -0.4 is 5.32 Å². The molecule has 0 spiro atoms. The summed E-state index contributed by atoms with van der Waals surface area (Å²) in [4.78, 5) is 24.0. The van der Waals surface area contributed by atoms with E-state index in [4.69, 9.17) is 4.74 Å². The number of nitrogens with one attached hydrogen (secondary N) is 2. The Labute approximate surface area is 157 Å². The van der Waals surface area contributed by atoms with Gasteiger partial charge in [-0.3, -0.25) is 9.89 Å². The standard InChI is InChI=1S/C21H21N3O3/c1-15(16-8-4-2-5-9-16)13-22-20(25)14-27-21(26)19-12-18(23-24-19)17-10-6-3-7-11-17/h2-12,15H,13-14H2,1H3,(H,22,25)(H,23,24)/t15-/m0/s1. The lowest BCUT2D eigenvalue weighted by atomic mass is 10.0. The Hall–Kier alpha value is -3.41. The van der Waals surface area contributed by atoms with Gasteiger partial charge in [-0.15, -0.1) is 0 Å². The summed E-state index contributed by atoms with van der Waals surface area (Å²) in [6.07, 6.45) is 0. The van der Waals surface area contributed by atoms with Crippen molar-refractivity contribution in [2.24, 2.45) is 0 Å². The summed E-state index contributed by atoms with van der Waals surface area (Å²) in [7, 11) is 0. The van der Waals surface area contributed by atoms with Crippen molar-refractivity contribution >= 4 is 11.9 Å². The predicted octanol–water partition coefficient (Wildman–Crippen LogP) is 3.15. The summed E-state index contributed by atoms with van der Waals surface area (Å²) in [5, 5.41) is 9.52. The van der Waals surface area contributed by atoms with Crippen molar-refractivity contribution in [3.05, 3.63) is 78.0 Å². The Bertz CT molecular complexity index is 891. The third-order valence-electron chi connectivity index (χ3n) is 4.18. The Morgan fingerprint density at radius 1 is 1.07 bits per heavy atom. The predicted molar refractivity (Wildman–Crippen MR) is 102 cm³/mol. The van der Waals surface area contributed by atoms with Crippen molar-refractivity contribution in [3.8, 4) is 11.3 Å². The van der Waals surface area contributed by atoms with E-state index in [1.807, 2.05) is 67.6 Å². The van der Waals surface area contributed by atoms with Crippen LogP contribution in [0.1, 0.15) is 28.9 Å². The van der Waals surface area contributed by atoms with Crippen molar-refractivity contribution < 1.29 is 14.3 Å². The van der Waals surface area contributed by atoms with Gasteiger partial charge >= 0.3 is 5.97 Å². The van der Waals surface area contributed by atoms with E-state index in [0.717, 1.165) is 11.1 Å². The zero-order chi connectivity index (χ0) is 19.1. The zero-order valence-electron chi connectivity index (χ0n) is 15.0. The number of amides is 1. The second kappa shape index (κ2) is 8.80. The molecule has 6 heteroatoms. The maximum atomic E-state index is 12.1. The molecular weight excluding hydrogens is 342 g/mol. The molecule has 1 amide bonds. The van der Waals surface area contributed by atoms with Crippen molar-refractivity contribution in [2.75, 3.05) is 13.2 Å². The molecular formula is C21H21N3O3. The number of esters is 1. The number of hydrogen-bond acceptors (Lipinski definition) is 4. The van der Waals surface area contributed by atoms with Crippen LogP contribution >= 0.6 is 0 Å². The number of benzene rings is 2. The maximum Gasteiger partial charge on any atom is 0.356 e. The van der Waals surface area contributed by atoms with Gasteiger partial charge in [0.05, 0.1) is 5.69 Å². The Balaban J connectivity index is 1.46.